The maximum atomic E-state index is 12.4. The molecule has 3 rings (SSSR count). The van der Waals surface area contributed by atoms with E-state index in [-0.39, 0.29) is 18.1 Å². The van der Waals surface area contributed by atoms with Gasteiger partial charge in [0.1, 0.15) is 0 Å². The first-order chi connectivity index (χ1) is 13.0. The van der Waals surface area contributed by atoms with E-state index in [9.17, 15) is 4.79 Å². The maximum Gasteiger partial charge on any atom is 0.227 e. The minimum atomic E-state index is 0.0535. The van der Waals surface area contributed by atoms with Gasteiger partial charge < -0.3 is 23.6 Å². The Bertz CT molecular complexity index is 781. The van der Waals surface area contributed by atoms with Crippen LogP contribution >= 0.6 is 0 Å². The quantitative estimate of drug-likeness (QED) is 0.766. The Morgan fingerprint density at radius 1 is 1.19 bits per heavy atom. The standard InChI is InChI=1S/C19H25N3O5/c1-12-10-22(11-13(2)26-12)18(23)8-7-17-20-19(21-27-17)14-5-6-15(24-3)16(9-14)25-4/h5-6,9,12-13H,7-8,10-11H2,1-4H3. The Morgan fingerprint density at radius 3 is 2.56 bits per heavy atom. The predicted octanol–water partition coefficient (Wildman–Crippen LogP) is 2.32. The molecule has 0 bridgehead atoms. The average molecular weight is 375 g/mol. The molecule has 2 unspecified atom stereocenters. The number of benzene rings is 1. The van der Waals surface area contributed by atoms with Crippen LogP contribution in [0.15, 0.2) is 22.7 Å². The molecule has 2 atom stereocenters. The summed E-state index contributed by atoms with van der Waals surface area (Å²) in [6, 6.07) is 5.40. The Balaban J connectivity index is 1.62. The molecule has 8 heteroatoms. The number of hydrogen-bond donors (Lipinski definition) is 0. The number of aryl methyl sites for hydroxylation is 1. The zero-order valence-electron chi connectivity index (χ0n) is 16.1. The molecule has 1 aliphatic rings. The van der Waals surface area contributed by atoms with Gasteiger partial charge in [0, 0.05) is 31.5 Å². The number of aromatic nitrogens is 2. The molecule has 0 N–H and O–H groups in total. The van der Waals surface area contributed by atoms with Gasteiger partial charge in [0.25, 0.3) is 0 Å². The van der Waals surface area contributed by atoms with Crippen molar-refractivity contribution in [2.24, 2.45) is 0 Å². The van der Waals surface area contributed by atoms with Gasteiger partial charge in [-0.1, -0.05) is 5.16 Å². The molecule has 27 heavy (non-hydrogen) atoms. The normalized spacial score (nSPS) is 19.8. The molecule has 0 spiro atoms. The van der Waals surface area contributed by atoms with Crippen molar-refractivity contribution >= 4 is 5.91 Å². The number of methoxy groups -OCH3 is 2. The number of morpholine rings is 1. The number of carbonyl (C=O) groups is 1. The summed E-state index contributed by atoms with van der Waals surface area (Å²) in [6.45, 7) is 5.18. The van der Waals surface area contributed by atoms with Crippen LogP contribution in [0.3, 0.4) is 0 Å². The Hall–Kier alpha value is -2.61. The summed E-state index contributed by atoms with van der Waals surface area (Å²) in [5.74, 6) is 2.17. The lowest BCUT2D eigenvalue weighted by atomic mass is 10.2. The summed E-state index contributed by atoms with van der Waals surface area (Å²) in [6.07, 6.45) is 0.835. The number of carbonyl (C=O) groups excluding carboxylic acids is 1. The van der Waals surface area contributed by atoms with Crippen LogP contribution < -0.4 is 9.47 Å². The summed E-state index contributed by atoms with van der Waals surface area (Å²) < 4.78 is 21.5. The third kappa shape index (κ3) is 4.57. The lowest BCUT2D eigenvalue weighted by molar-refractivity contribution is -0.143. The highest BCUT2D eigenvalue weighted by atomic mass is 16.5. The molecule has 2 aromatic rings. The van der Waals surface area contributed by atoms with Crippen LogP contribution in [-0.2, 0) is 16.0 Å². The fourth-order valence-electron chi connectivity index (χ4n) is 3.20. The molecule has 1 aromatic heterocycles. The van der Waals surface area contributed by atoms with E-state index in [2.05, 4.69) is 10.1 Å². The maximum absolute atomic E-state index is 12.4. The van der Waals surface area contributed by atoms with Gasteiger partial charge in [-0.05, 0) is 32.0 Å². The number of nitrogens with zero attached hydrogens (tertiary/aromatic N) is 3. The second kappa shape index (κ2) is 8.39. The van der Waals surface area contributed by atoms with Crippen LogP contribution in [0.1, 0.15) is 26.2 Å². The third-order valence-electron chi connectivity index (χ3n) is 4.43. The number of amides is 1. The monoisotopic (exact) mass is 375 g/mol. The van der Waals surface area contributed by atoms with Crippen LogP contribution in [0, 0.1) is 0 Å². The molecule has 8 nitrogen and oxygen atoms in total. The van der Waals surface area contributed by atoms with E-state index >= 15 is 0 Å². The van der Waals surface area contributed by atoms with Crippen molar-refractivity contribution in [3.8, 4) is 22.9 Å². The van der Waals surface area contributed by atoms with Crippen molar-refractivity contribution < 1.29 is 23.5 Å². The number of rotatable bonds is 6. The van der Waals surface area contributed by atoms with E-state index in [1.807, 2.05) is 24.8 Å². The zero-order chi connectivity index (χ0) is 19.4. The van der Waals surface area contributed by atoms with Crippen LogP contribution in [0.4, 0.5) is 0 Å². The second-order valence-corrected chi connectivity index (χ2v) is 6.64. The molecule has 0 radical (unpaired) electrons. The molecular formula is C19H25N3O5. The number of hydrogen-bond acceptors (Lipinski definition) is 7. The molecule has 146 valence electrons. The highest BCUT2D eigenvalue weighted by Gasteiger charge is 2.26. The molecule has 2 heterocycles. The van der Waals surface area contributed by atoms with E-state index in [1.54, 1.807) is 26.4 Å². The Kier molecular flexibility index (Phi) is 5.95. The highest BCUT2D eigenvalue weighted by Crippen LogP contribution is 2.31. The van der Waals surface area contributed by atoms with Crippen LogP contribution in [0.25, 0.3) is 11.4 Å². The Morgan fingerprint density at radius 2 is 1.89 bits per heavy atom. The van der Waals surface area contributed by atoms with E-state index in [0.717, 1.165) is 5.56 Å². The Labute approximate surface area is 158 Å². The van der Waals surface area contributed by atoms with Gasteiger partial charge in [-0.15, -0.1) is 0 Å². The van der Waals surface area contributed by atoms with Crippen LogP contribution in [0.5, 0.6) is 11.5 Å². The first-order valence-electron chi connectivity index (χ1n) is 8.98. The molecule has 0 aliphatic carbocycles. The van der Waals surface area contributed by atoms with Gasteiger partial charge in [-0.25, -0.2) is 0 Å². The lowest BCUT2D eigenvalue weighted by Gasteiger charge is -2.35. The molecule has 1 aromatic carbocycles. The van der Waals surface area contributed by atoms with Crippen molar-refractivity contribution in [2.75, 3.05) is 27.3 Å². The average Bonchev–Trinajstić information content (AvgIpc) is 3.13. The summed E-state index contributed by atoms with van der Waals surface area (Å²) in [7, 11) is 3.15. The van der Waals surface area contributed by atoms with E-state index in [0.29, 0.717) is 49.1 Å². The molecular weight excluding hydrogens is 350 g/mol. The SMILES string of the molecule is COc1ccc(-c2noc(CCC(=O)N3CC(C)OC(C)C3)n2)cc1OC. The van der Waals surface area contributed by atoms with Crippen LogP contribution in [0.2, 0.25) is 0 Å². The smallest absolute Gasteiger partial charge is 0.227 e. The topological polar surface area (TPSA) is 86.9 Å². The van der Waals surface area contributed by atoms with E-state index < -0.39 is 0 Å². The number of ether oxygens (including phenoxy) is 3. The molecule has 1 amide bonds. The minimum Gasteiger partial charge on any atom is -0.493 e. The van der Waals surface area contributed by atoms with Gasteiger partial charge in [0.05, 0.1) is 26.4 Å². The third-order valence-corrected chi connectivity index (χ3v) is 4.43. The summed E-state index contributed by atoms with van der Waals surface area (Å²) in [4.78, 5) is 18.7. The highest BCUT2D eigenvalue weighted by molar-refractivity contribution is 5.76. The molecule has 1 saturated heterocycles. The second-order valence-electron chi connectivity index (χ2n) is 6.64. The zero-order valence-corrected chi connectivity index (χ0v) is 16.1. The fourth-order valence-corrected chi connectivity index (χ4v) is 3.20. The van der Waals surface area contributed by atoms with Gasteiger partial charge in [-0.3, -0.25) is 4.79 Å². The summed E-state index contributed by atoms with van der Waals surface area (Å²) in [5.41, 5.74) is 0.754. The first kappa shape index (κ1) is 19.2. The van der Waals surface area contributed by atoms with Crippen molar-refractivity contribution in [1.82, 2.24) is 15.0 Å². The molecule has 1 fully saturated rings. The summed E-state index contributed by atoms with van der Waals surface area (Å²) in [5, 5.41) is 4.00. The van der Waals surface area contributed by atoms with Crippen molar-refractivity contribution in [2.45, 2.75) is 38.9 Å². The molecule has 1 aliphatic heterocycles. The lowest BCUT2D eigenvalue weighted by Crippen LogP contribution is -2.48. The minimum absolute atomic E-state index is 0.0535. The fraction of sp³-hybridized carbons (Fsp3) is 0.526. The van der Waals surface area contributed by atoms with Gasteiger partial charge in [0.2, 0.25) is 17.6 Å². The van der Waals surface area contributed by atoms with Gasteiger partial charge in [-0.2, -0.15) is 4.98 Å². The van der Waals surface area contributed by atoms with E-state index in [1.165, 1.54) is 0 Å². The van der Waals surface area contributed by atoms with Gasteiger partial charge >= 0.3 is 0 Å². The van der Waals surface area contributed by atoms with Crippen molar-refractivity contribution in [3.05, 3.63) is 24.1 Å². The van der Waals surface area contributed by atoms with Crippen molar-refractivity contribution in [3.63, 3.8) is 0 Å². The van der Waals surface area contributed by atoms with Crippen molar-refractivity contribution in [1.29, 1.82) is 0 Å². The predicted molar refractivity (Wildman–Crippen MR) is 97.7 cm³/mol. The van der Waals surface area contributed by atoms with E-state index in [4.69, 9.17) is 18.7 Å². The van der Waals surface area contributed by atoms with Gasteiger partial charge in [0.15, 0.2) is 11.5 Å². The van der Waals surface area contributed by atoms with Crippen LogP contribution in [-0.4, -0.2) is 60.5 Å². The summed E-state index contributed by atoms with van der Waals surface area (Å²) >= 11 is 0. The largest absolute Gasteiger partial charge is 0.493 e. The molecule has 0 saturated carbocycles. The first-order valence-corrected chi connectivity index (χ1v) is 8.98.